The minimum Gasteiger partial charge on any atom is -0.406 e. The second kappa shape index (κ2) is 7.17. The summed E-state index contributed by atoms with van der Waals surface area (Å²) < 4.78 is 40.5. The van der Waals surface area contributed by atoms with Crippen LogP contribution in [-0.4, -0.2) is 29.5 Å². The molecule has 1 aliphatic rings. The topological polar surface area (TPSA) is 29.5 Å². The van der Waals surface area contributed by atoms with Gasteiger partial charge >= 0.3 is 6.36 Å². The number of carbonyl (C=O) groups excluding carboxylic acids is 1. The van der Waals surface area contributed by atoms with Crippen LogP contribution in [0.25, 0.3) is 0 Å². The summed E-state index contributed by atoms with van der Waals surface area (Å²) in [5, 5.41) is 0.362. The minimum absolute atomic E-state index is 0.215. The Morgan fingerprint density at radius 2 is 1.84 bits per heavy atom. The van der Waals surface area contributed by atoms with Crippen molar-refractivity contribution in [2.24, 2.45) is 0 Å². The van der Waals surface area contributed by atoms with Crippen LogP contribution in [0, 0.1) is 0 Å². The number of thioether (sulfide) groups is 1. The number of carbonyl (C=O) groups is 1. The first-order valence-corrected chi connectivity index (χ1v) is 8.80. The van der Waals surface area contributed by atoms with E-state index in [-0.39, 0.29) is 17.0 Å². The van der Waals surface area contributed by atoms with Crippen LogP contribution >= 0.6 is 23.4 Å². The van der Waals surface area contributed by atoms with E-state index in [4.69, 9.17) is 11.6 Å². The van der Waals surface area contributed by atoms with Gasteiger partial charge in [-0.2, -0.15) is 0 Å². The Morgan fingerprint density at radius 1 is 1.16 bits per heavy atom. The van der Waals surface area contributed by atoms with Gasteiger partial charge in [-0.1, -0.05) is 29.8 Å². The van der Waals surface area contributed by atoms with Crippen molar-refractivity contribution in [1.82, 2.24) is 4.90 Å². The molecule has 0 aliphatic carbocycles. The van der Waals surface area contributed by atoms with Crippen molar-refractivity contribution >= 4 is 29.3 Å². The third-order valence-corrected chi connectivity index (χ3v) is 5.24. The first kappa shape index (κ1) is 17.9. The highest BCUT2D eigenvalue weighted by Crippen LogP contribution is 2.41. The van der Waals surface area contributed by atoms with Crippen molar-refractivity contribution in [3.05, 3.63) is 64.7 Å². The second-order valence-electron chi connectivity index (χ2n) is 5.32. The fourth-order valence-electron chi connectivity index (χ4n) is 2.58. The molecule has 1 amide bonds. The summed E-state index contributed by atoms with van der Waals surface area (Å²) in [6.07, 6.45) is -4.76. The monoisotopic (exact) mass is 387 g/mol. The highest BCUT2D eigenvalue weighted by atomic mass is 35.5. The minimum atomic E-state index is -4.76. The maximum Gasteiger partial charge on any atom is 0.573 e. The number of rotatable bonds is 3. The maximum atomic E-state index is 12.7. The molecule has 1 heterocycles. The maximum absolute atomic E-state index is 12.7. The molecule has 1 unspecified atom stereocenters. The highest BCUT2D eigenvalue weighted by Gasteiger charge is 2.33. The third-order valence-electron chi connectivity index (χ3n) is 3.66. The molecule has 2 aromatic carbocycles. The second-order valence-corrected chi connectivity index (χ2v) is 6.91. The Hall–Kier alpha value is -1.86. The molecule has 0 N–H and O–H groups in total. The normalized spacial score (nSPS) is 17.6. The molecule has 0 bridgehead atoms. The van der Waals surface area contributed by atoms with Gasteiger partial charge in [-0.05, 0) is 30.3 Å². The van der Waals surface area contributed by atoms with E-state index in [9.17, 15) is 18.0 Å². The molecule has 25 heavy (non-hydrogen) atoms. The fraction of sp³-hybridized carbons (Fsp3) is 0.235. The number of hydrogen-bond donors (Lipinski definition) is 0. The zero-order valence-electron chi connectivity index (χ0n) is 12.8. The Bertz CT molecular complexity index is 767. The highest BCUT2D eigenvalue weighted by molar-refractivity contribution is 7.99. The van der Waals surface area contributed by atoms with Crippen molar-refractivity contribution < 1.29 is 22.7 Å². The molecule has 1 aliphatic heterocycles. The lowest BCUT2D eigenvalue weighted by Crippen LogP contribution is -2.30. The van der Waals surface area contributed by atoms with Gasteiger partial charge in [0, 0.05) is 28.4 Å². The van der Waals surface area contributed by atoms with Crippen molar-refractivity contribution in [2.75, 3.05) is 12.3 Å². The van der Waals surface area contributed by atoms with Crippen LogP contribution in [0.1, 0.15) is 21.3 Å². The standard InChI is InChI=1S/C17H13ClF3NO2S/c18-14-4-2-1-3-13(14)16-22(9-10-25-16)15(23)11-5-7-12(8-6-11)24-17(19,20)21/h1-8,16H,9-10H2. The smallest absolute Gasteiger partial charge is 0.406 e. The number of amides is 1. The predicted octanol–water partition coefficient (Wildman–Crippen LogP) is 5.13. The number of ether oxygens (including phenoxy) is 1. The van der Waals surface area contributed by atoms with Crippen LogP contribution in [0.2, 0.25) is 5.02 Å². The molecule has 1 atom stereocenters. The Labute approximate surface area is 151 Å². The molecule has 0 radical (unpaired) electrons. The summed E-state index contributed by atoms with van der Waals surface area (Å²) in [5.41, 5.74) is 1.14. The quantitative estimate of drug-likeness (QED) is 0.731. The average molecular weight is 388 g/mol. The Kier molecular flexibility index (Phi) is 5.15. The van der Waals surface area contributed by atoms with Crippen LogP contribution in [0.15, 0.2) is 48.5 Å². The number of nitrogens with zero attached hydrogens (tertiary/aromatic N) is 1. The average Bonchev–Trinajstić information content (AvgIpc) is 3.03. The first-order chi connectivity index (χ1) is 11.8. The Morgan fingerprint density at radius 3 is 2.48 bits per heavy atom. The van der Waals surface area contributed by atoms with Gasteiger partial charge in [0.1, 0.15) is 11.1 Å². The fourth-order valence-corrected chi connectivity index (χ4v) is 4.17. The number of halogens is 4. The first-order valence-electron chi connectivity index (χ1n) is 7.38. The lowest BCUT2D eigenvalue weighted by Gasteiger charge is -2.25. The zero-order valence-corrected chi connectivity index (χ0v) is 14.4. The van der Waals surface area contributed by atoms with E-state index in [1.54, 1.807) is 22.7 Å². The van der Waals surface area contributed by atoms with Crippen molar-refractivity contribution in [3.63, 3.8) is 0 Å². The van der Waals surface area contributed by atoms with Crippen molar-refractivity contribution in [2.45, 2.75) is 11.7 Å². The summed E-state index contributed by atoms with van der Waals surface area (Å²) in [5.74, 6) is 0.146. The van der Waals surface area contributed by atoms with Crippen LogP contribution in [0.5, 0.6) is 5.75 Å². The van der Waals surface area contributed by atoms with Crippen molar-refractivity contribution in [3.8, 4) is 5.75 Å². The SMILES string of the molecule is O=C(c1ccc(OC(F)(F)F)cc1)N1CCSC1c1ccccc1Cl. The molecule has 132 valence electrons. The summed E-state index contributed by atoms with van der Waals surface area (Å²) in [7, 11) is 0. The number of alkyl halides is 3. The van der Waals surface area contributed by atoms with E-state index < -0.39 is 6.36 Å². The van der Waals surface area contributed by atoms with E-state index in [2.05, 4.69) is 4.74 Å². The van der Waals surface area contributed by atoms with E-state index >= 15 is 0 Å². The molecule has 3 nitrogen and oxygen atoms in total. The van der Waals surface area contributed by atoms with E-state index in [0.29, 0.717) is 17.1 Å². The summed E-state index contributed by atoms with van der Waals surface area (Å²) >= 11 is 7.83. The number of benzene rings is 2. The van der Waals surface area contributed by atoms with E-state index in [1.165, 1.54) is 12.1 Å². The molecule has 0 saturated carbocycles. The Balaban J connectivity index is 1.79. The molecule has 8 heteroatoms. The van der Waals surface area contributed by atoms with Gasteiger partial charge in [-0.3, -0.25) is 4.79 Å². The van der Waals surface area contributed by atoms with Gasteiger partial charge < -0.3 is 9.64 Å². The molecule has 1 fully saturated rings. The number of hydrogen-bond acceptors (Lipinski definition) is 3. The van der Waals surface area contributed by atoms with Crippen LogP contribution in [0.3, 0.4) is 0 Å². The van der Waals surface area contributed by atoms with Gasteiger partial charge in [0.2, 0.25) is 0 Å². The molecule has 2 aromatic rings. The van der Waals surface area contributed by atoms with Crippen LogP contribution < -0.4 is 4.74 Å². The van der Waals surface area contributed by atoms with Crippen LogP contribution in [0.4, 0.5) is 13.2 Å². The lowest BCUT2D eigenvalue weighted by atomic mass is 10.1. The molecular weight excluding hydrogens is 375 g/mol. The molecular formula is C17H13ClF3NO2S. The molecule has 3 rings (SSSR count). The van der Waals surface area contributed by atoms with Gasteiger partial charge in [0.05, 0.1) is 0 Å². The molecule has 1 saturated heterocycles. The van der Waals surface area contributed by atoms with Gasteiger partial charge in [-0.15, -0.1) is 24.9 Å². The molecule has 0 spiro atoms. The van der Waals surface area contributed by atoms with E-state index in [1.807, 2.05) is 18.2 Å². The molecule has 0 aromatic heterocycles. The van der Waals surface area contributed by atoms with E-state index in [0.717, 1.165) is 23.4 Å². The largest absolute Gasteiger partial charge is 0.573 e. The summed E-state index contributed by atoms with van der Waals surface area (Å²) in [4.78, 5) is 14.4. The van der Waals surface area contributed by atoms with Gasteiger partial charge in [-0.25, -0.2) is 0 Å². The summed E-state index contributed by atoms with van der Waals surface area (Å²) in [6, 6.07) is 12.2. The predicted molar refractivity (Wildman–Crippen MR) is 90.8 cm³/mol. The third kappa shape index (κ3) is 4.22. The van der Waals surface area contributed by atoms with Crippen LogP contribution in [-0.2, 0) is 0 Å². The lowest BCUT2D eigenvalue weighted by molar-refractivity contribution is -0.274. The van der Waals surface area contributed by atoms with Crippen molar-refractivity contribution in [1.29, 1.82) is 0 Å². The summed E-state index contributed by atoms with van der Waals surface area (Å²) in [6.45, 7) is 0.542. The zero-order chi connectivity index (χ0) is 18.0. The van der Waals surface area contributed by atoms with Gasteiger partial charge in [0.25, 0.3) is 5.91 Å². The van der Waals surface area contributed by atoms with Gasteiger partial charge in [0.15, 0.2) is 0 Å².